The molecule has 5 rings (SSSR count). The fraction of sp³-hybridized carbons (Fsp3) is 0.368. The second-order valence-corrected chi connectivity index (χ2v) is 13.7. The summed E-state index contributed by atoms with van der Waals surface area (Å²) in [5.41, 5.74) is 5.94. The van der Waals surface area contributed by atoms with Crippen LogP contribution < -0.4 is 16.2 Å². The predicted octanol–water partition coefficient (Wildman–Crippen LogP) is 6.66. The maximum Gasteiger partial charge on any atom is 0.293 e. The van der Waals surface area contributed by atoms with Crippen LogP contribution in [0.5, 0.6) is 0 Å². The van der Waals surface area contributed by atoms with Crippen molar-refractivity contribution in [3.05, 3.63) is 106 Å². The zero-order chi connectivity index (χ0) is 34.0. The van der Waals surface area contributed by atoms with E-state index in [4.69, 9.17) is 4.98 Å². The molecular formula is C38H46N6O3. The zero-order valence-electron chi connectivity index (χ0n) is 28.7. The average Bonchev–Trinajstić information content (AvgIpc) is 3.00. The number of nitrogens with zero attached hydrogens (tertiary/aromatic N) is 4. The molecule has 1 aliphatic heterocycles. The van der Waals surface area contributed by atoms with Gasteiger partial charge in [-0.15, -0.1) is 0 Å². The minimum Gasteiger partial charge on any atom is -0.341 e. The molecule has 2 heterocycles. The van der Waals surface area contributed by atoms with Gasteiger partial charge in [0.1, 0.15) is 6.04 Å². The number of hydrogen-bond acceptors (Lipinski definition) is 6. The largest absolute Gasteiger partial charge is 0.341 e. The van der Waals surface area contributed by atoms with Crippen molar-refractivity contribution in [1.82, 2.24) is 19.4 Å². The third kappa shape index (κ3) is 7.30. The highest BCUT2D eigenvalue weighted by molar-refractivity contribution is 6.05. The summed E-state index contributed by atoms with van der Waals surface area (Å²) in [5.74, 6) is 0.0972. The van der Waals surface area contributed by atoms with E-state index >= 15 is 0 Å². The van der Waals surface area contributed by atoms with Crippen LogP contribution in [0.25, 0.3) is 11.3 Å². The first-order valence-electron chi connectivity index (χ1n) is 16.2. The lowest BCUT2D eigenvalue weighted by molar-refractivity contribution is -0.141. The van der Waals surface area contributed by atoms with E-state index in [-0.39, 0.29) is 40.7 Å². The molecule has 0 bridgehead atoms. The summed E-state index contributed by atoms with van der Waals surface area (Å²) < 4.78 is 1.50. The Morgan fingerprint density at radius 2 is 1.62 bits per heavy atom. The molecule has 0 saturated carbocycles. The lowest BCUT2D eigenvalue weighted by atomic mass is 9.86. The van der Waals surface area contributed by atoms with E-state index in [0.29, 0.717) is 22.6 Å². The molecule has 0 aliphatic carbocycles. The molecule has 1 aromatic heterocycles. The van der Waals surface area contributed by atoms with Gasteiger partial charge in [-0.05, 0) is 86.7 Å². The first-order valence-corrected chi connectivity index (χ1v) is 16.2. The number of hydrogen-bond donors (Lipinski definition) is 2. The number of aromatic nitrogens is 2. The molecular weight excluding hydrogens is 588 g/mol. The number of aryl methyl sites for hydroxylation is 1. The molecule has 4 aromatic rings. The number of carbonyl (C=O) groups is 2. The number of nitrogens with one attached hydrogen (secondary N) is 2. The second kappa shape index (κ2) is 13.5. The van der Waals surface area contributed by atoms with Crippen molar-refractivity contribution in [2.24, 2.45) is 7.05 Å². The van der Waals surface area contributed by atoms with Gasteiger partial charge in [0.15, 0.2) is 5.82 Å². The number of amides is 2. The van der Waals surface area contributed by atoms with E-state index in [0.717, 1.165) is 41.8 Å². The summed E-state index contributed by atoms with van der Waals surface area (Å²) in [6.45, 7) is 14.1. The van der Waals surface area contributed by atoms with Crippen LogP contribution in [0.2, 0.25) is 0 Å². The van der Waals surface area contributed by atoms with E-state index in [1.165, 1.54) is 4.57 Å². The number of likely N-dealkylation sites (N-methyl/N-ethyl adjacent to an activating group) is 1. The molecule has 1 unspecified atom stereocenters. The Labute approximate surface area is 277 Å². The van der Waals surface area contributed by atoms with E-state index in [2.05, 4.69) is 50.2 Å². The van der Waals surface area contributed by atoms with Gasteiger partial charge in [-0.2, -0.15) is 0 Å². The van der Waals surface area contributed by atoms with Gasteiger partial charge >= 0.3 is 0 Å². The third-order valence-electron chi connectivity index (χ3n) is 9.05. The maximum absolute atomic E-state index is 13.3. The van der Waals surface area contributed by atoms with E-state index in [1.807, 2.05) is 85.6 Å². The molecule has 2 N–H and O–H groups in total. The van der Waals surface area contributed by atoms with Gasteiger partial charge in [0, 0.05) is 54.9 Å². The van der Waals surface area contributed by atoms with Gasteiger partial charge in [0.2, 0.25) is 5.91 Å². The zero-order valence-corrected chi connectivity index (χ0v) is 28.7. The molecule has 2 amide bonds. The minimum absolute atomic E-state index is 0.00138. The van der Waals surface area contributed by atoms with Crippen molar-refractivity contribution in [2.75, 3.05) is 30.8 Å². The van der Waals surface area contributed by atoms with Gasteiger partial charge in [-0.1, -0.05) is 57.2 Å². The Morgan fingerprint density at radius 3 is 2.19 bits per heavy atom. The highest BCUT2D eigenvalue weighted by atomic mass is 16.2. The van der Waals surface area contributed by atoms with Crippen molar-refractivity contribution in [3.8, 4) is 11.3 Å². The summed E-state index contributed by atoms with van der Waals surface area (Å²) in [6, 6.07) is 20.8. The topological polar surface area (TPSA) is 99.6 Å². The van der Waals surface area contributed by atoms with Crippen molar-refractivity contribution in [2.45, 2.75) is 65.5 Å². The number of benzene rings is 3. The van der Waals surface area contributed by atoms with Gasteiger partial charge in [0.05, 0.1) is 5.69 Å². The minimum atomic E-state index is -0.378. The molecule has 3 aromatic carbocycles. The van der Waals surface area contributed by atoms with Gasteiger partial charge in [0.25, 0.3) is 11.5 Å². The van der Waals surface area contributed by atoms with Crippen LogP contribution in [0.15, 0.2) is 77.7 Å². The Balaban J connectivity index is 1.38. The molecule has 246 valence electrons. The summed E-state index contributed by atoms with van der Waals surface area (Å²) in [7, 11) is 3.67. The standard InChI is InChI=1S/C38H46N6O3/c1-24(2)43(8)33(36(46)44-21-10-22-44)26-15-19-29(20-16-26)39-34-37(47)42(7)23-32(40-34)30-11-9-12-31(25(30)3)41-35(45)27-13-17-28(18-14-27)38(4,5)6/h9,11-20,23-24,33H,10,21-22H2,1-8H3,(H,39,40)(H,41,45). The summed E-state index contributed by atoms with van der Waals surface area (Å²) in [4.78, 5) is 48.4. The van der Waals surface area contributed by atoms with Gasteiger partial charge in [-0.3, -0.25) is 19.3 Å². The second-order valence-electron chi connectivity index (χ2n) is 13.7. The fourth-order valence-corrected chi connectivity index (χ4v) is 5.63. The van der Waals surface area contributed by atoms with Crippen molar-refractivity contribution in [1.29, 1.82) is 0 Å². The Kier molecular flexibility index (Phi) is 9.68. The van der Waals surface area contributed by atoms with Gasteiger partial charge in [-0.25, -0.2) is 4.98 Å². The maximum atomic E-state index is 13.3. The Bertz CT molecular complexity index is 1820. The van der Waals surface area contributed by atoms with Crippen LogP contribution in [0, 0.1) is 6.92 Å². The Morgan fingerprint density at radius 1 is 0.957 bits per heavy atom. The summed E-state index contributed by atoms with van der Waals surface area (Å²) >= 11 is 0. The van der Waals surface area contributed by atoms with Crippen LogP contribution in [0.3, 0.4) is 0 Å². The normalized spacial score (nSPS) is 13.8. The van der Waals surface area contributed by atoms with Crippen LogP contribution in [0.1, 0.15) is 74.1 Å². The third-order valence-corrected chi connectivity index (χ3v) is 9.05. The average molecular weight is 635 g/mol. The lowest BCUT2D eigenvalue weighted by Crippen LogP contribution is -2.49. The molecule has 1 atom stereocenters. The predicted molar refractivity (Wildman–Crippen MR) is 189 cm³/mol. The van der Waals surface area contributed by atoms with E-state index in [9.17, 15) is 14.4 Å². The number of rotatable bonds is 9. The lowest BCUT2D eigenvalue weighted by Gasteiger charge is -2.38. The number of anilines is 3. The van der Waals surface area contributed by atoms with Crippen LogP contribution in [-0.4, -0.2) is 57.3 Å². The first-order chi connectivity index (χ1) is 22.2. The molecule has 0 radical (unpaired) electrons. The van der Waals surface area contributed by atoms with Crippen LogP contribution >= 0.6 is 0 Å². The molecule has 0 spiro atoms. The number of likely N-dealkylation sites (tertiary alicyclic amines) is 1. The SMILES string of the molecule is Cc1c(NC(=O)c2ccc(C(C)(C)C)cc2)cccc1-c1cn(C)c(=O)c(Nc2ccc(C(C(=O)N3CCC3)N(C)C(C)C)cc2)n1. The smallest absolute Gasteiger partial charge is 0.293 e. The van der Waals surface area contributed by atoms with Crippen molar-refractivity contribution >= 4 is 29.0 Å². The highest BCUT2D eigenvalue weighted by Gasteiger charge is 2.33. The van der Waals surface area contributed by atoms with Crippen molar-refractivity contribution < 1.29 is 9.59 Å². The summed E-state index contributed by atoms with van der Waals surface area (Å²) in [6.07, 6.45) is 2.74. The van der Waals surface area contributed by atoms with Crippen molar-refractivity contribution in [3.63, 3.8) is 0 Å². The summed E-state index contributed by atoms with van der Waals surface area (Å²) in [5, 5.41) is 6.24. The first kappa shape index (κ1) is 33.6. The quantitative estimate of drug-likeness (QED) is 0.214. The Hall–Kier alpha value is -4.76. The van der Waals surface area contributed by atoms with Gasteiger partial charge < -0.3 is 20.1 Å². The van der Waals surface area contributed by atoms with E-state index < -0.39 is 0 Å². The molecule has 1 aliphatic rings. The number of carbonyl (C=O) groups excluding carboxylic acids is 2. The molecule has 1 fully saturated rings. The van der Waals surface area contributed by atoms with Crippen LogP contribution in [0.4, 0.5) is 17.2 Å². The van der Waals surface area contributed by atoms with E-state index in [1.54, 1.807) is 13.2 Å². The molecule has 1 saturated heterocycles. The monoisotopic (exact) mass is 634 g/mol. The molecule has 47 heavy (non-hydrogen) atoms. The molecule has 9 nitrogen and oxygen atoms in total. The fourth-order valence-electron chi connectivity index (χ4n) is 5.63. The molecule has 9 heteroatoms. The highest BCUT2D eigenvalue weighted by Crippen LogP contribution is 2.30. The van der Waals surface area contributed by atoms with Crippen LogP contribution in [-0.2, 0) is 17.3 Å².